The van der Waals surface area contributed by atoms with Crippen LogP contribution in [0.2, 0.25) is 0 Å². The van der Waals surface area contributed by atoms with Gasteiger partial charge in [0.2, 0.25) is 5.91 Å². The summed E-state index contributed by atoms with van der Waals surface area (Å²) in [5.41, 5.74) is 0. The van der Waals surface area contributed by atoms with Gasteiger partial charge in [-0.15, -0.1) is 11.8 Å². The Kier molecular flexibility index (Phi) is 7.18. The first-order valence-electron chi connectivity index (χ1n) is 8.31. The summed E-state index contributed by atoms with van der Waals surface area (Å²) in [5.74, 6) is 1.51. The highest BCUT2D eigenvalue weighted by Gasteiger charge is 2.28. The summed E-state index contributed by atoms with van der Waals surface area (Å²) < 4.78 is 28.4. The van der Waals surface area contributed by atoms with E-state index in [0.717, 1.165) is 18.8 Å². The molecule has 0 spiro atoms. The van der Waals surface area contributed by atoms with Crippen molar-refractivity contribution >= 4 is 27.5 Å². The third-order valence-corrected chi connectivity index (χ3v) is 7.54. The predicted octanol–water partition coefficient (Wildman–Crippen LogP) is 1.70. The normalized spacial score (nSPS) is 21.0. The van der Waals surface area contributed by atoms with E-state index in [-0.39, 0.29) is 28.7 Å². The van der Waals surface area contributed by atoms with Crippen LogP contribution in [0.25, 0.3) is 0 Å². The Morgan fingerprint density at radius 2 is 2.21 bits per heavy atom. The summed E-state index contributed by atoms with van der Waals surface area (Å²) in [6, 6.07) is 3.79. The lowest BCUT2D eigenvalue weighted by molar-refractivity contribution is -0.118. The molecule has 1 fully saturated rings. The van der Waals surface area contributed by atoms with Gasteiger partial charge in [-0.1, -0.05) is 13.8 Å². The van der Waals surface area contributed by atoms with Crippen molar-refractivity contribution in [2.75, 3.05) is 36.9 Å². The molecule has 0 aromatic carbocycles. The van der Waals surface area contributed by atoms with Crippen molar-refractivity contribution < 1.29 is 17.6 Å². The molecule has 0 saturated carbocycles. The zero-order valence-electron chi connectivity index (χ0n) is 14.2. The number of likely N-dealkylation sites (N-methyl/N-ethyl adjacent to an activating group) is 1. The summed E-state index contributed by atoms with van der Waals surface area (Å²) in [6.45, 7) is 6.38. The minimum atomic E-state index is -2.89. The van der Waals surface area contributed by atoms with E-state index in [1.165, 1.54) is 11.8 Å². The SMILES string of the molecule is CCN(CC)[C@@H](CNC(=O)CS[C@H]1CCS(=O)(=O)C1)c1ccco1. The lowest BCUT2D eigenvalue weighted by Crippen LogP contribution is -2.38. The average molecular weight is 375 g/mol. The van der Waals surface area contributed by atoms with Gasteiger partial charge < -0.3 is 9.73 Å². The molecule has 0 unspecified atom stereocenters. The minimum Gasteiger partial charge on any atom is -0.468 e. The fraction of sp³-hybridized carbons (Fsp3) is 0.688. The number of sulfone groups is 1. The summed E-state index contributed by atoms with van der Waals surface area (Å²) in [7, 11) is -2.89. The smallest absolute Gasteiger partial charge is 0.230 e. The second-order valence-corrected chi connectivity index (χ2v) is 9.41. The lowest BCUT2D eigenvalue weighted by atomic mass is 10.2. The van der Waals surface area contributed by atoms with Crippen LogP contribution >= 0.6 is 11.8 Å². The van der Waals surface area contributed by atoms with Gasteiger partial charge in [-0.25, -0.2) is 8.42 Å². The Morgan fingerprint density at radius 1 is 1.46 bits per heavy atom. The minimum absolute atomic E-state index is 0.0100. The second kappa shape index (κ2) is 8.92. The molecule has 6 nitrogen and oxygen atoms in total. The van der Waals surface area contributed by atoms with Crippen LogP contribution < -0.4 is 5.32 Å². The Hall–Kier alpha value is -0.990. The maximum atomic E-state index is 12.1. The van der Waals surface area contributed by atoms with Gasteiger partial charge in [0.25, 0.3) is 0 Å². The van der Waals surface area contributed by atoms with Gasteiger partial charge in [-0.05, 0) is 31.6 Å². The van der Waals surface area contributed by atoms with Crippen molar-refractivity contribution in [1.82, 2.24) is 10.2 Å². The van der Waals surface area contributed by atoms with E-state index in [0.29, 0.717) is 18.7 Å². The van der Waals surface area contributed by atoms with Gasteiger partial charge in [-0.2, -0.15) is 0 Å². The monoisotopic (exact) mass is 374 g/mol. The van der Waals surface area contributed by atoms with Gasteiger partial charge in [0.15, 0.2) is 9.84 Å². The van der Waals surface area contributed by atoms with Gasteiger partial charge in [-0.3, -0.25) is 9.69 Å². The molecular weight excluding hydrogens is 348 g/mol. The van der Waals surface area contributed by atoms with E-state index in [1.807, 2.05) is 12.1 Å². The molecule has 0 aliphatic carbocycles. The second-order valence-electron chi connectivity index (χ2n) is 5.89. The van der Waals surface area contributed by atoms with E-state index in [4.69, 9.17) is 4.42 Å². The Bertz CT molecular complexity index is 612. The molecule has 8 heteroatoms. The zero-order chi connectivity index (χ0) is 17.6. The molecule has 2 atom stereocenters. The van der Waals surface area contributed by atoms with Crippen LogP contribution in [0.5, 0.6) is 0 Å². The van der Waals surface area contributed by atoms with Gasteiger partial charge in [0.05, 0.1) is 29.6 Å². The van der Waals surface area contributed by atoms with Gasteiger partial charge in [0, 0.05) is 11.8 Å². The molecule has 1 aliphatic rings. The number of hydrogen-bond donors (Lipinski definition) is 1. The van der Waals surface area contributed by atoms with Crippen LogP contribution in [0, 0.1) is 0 Å². The number of nitrogens with zero attached hydrogens (tertiary/aromatic N) is 1. The standard InChI is InChI=1S/C16H26N2O4S2/c1-3-18(4-2)14(15-6-5-8-22-15)10-17-16(19)11-23-13-7-9-24(20,21)12-13/h5-6,8,13-14H,3-4,7,9-12H2,1-2H3,(H,17,19)/t13-,14-/m0/s1. The molecule has 0 radical (unpaired) electrons. The lowest BCUT2D eigenvalue weighted by Gasteiger charge is -2.28. The number of thioether (sulfide) groups is 1. The van der Waals surface area contributed by atoms with Crippen molar-refractivity contribution in [2.45, 2.75) is 31.6 Å². The first kappa shape index (κ1) is 19.3. The summed E-state index contributed by atoms with van der Waals surface area (Å²) in [6.07, 6.45) is 2.29. The summed E-state index contributed by atoms with van der Waals surface area (Å²) in [4.78, 5) is 14.3. The molecule has 24 heavy (non-hydrogen) atoms. The largest absolute Gasteiger partial charge is 0.468 e. The molecule has 0 bridgehead atoms. The van der Waals surface area contributed by atoms with E-state index < -0.39 is 9.84 Å². The van der Waals surface area contributed by atoms with Crippen LogP contribution in [-0.2, 0) is 14.6 Å². The van der Waals surface area contributed by atoms with Crippen molar-refractivity contribution in [3.05, 3.63) is 24.2 Å². The highest BCUT2D eigenvalue weighted by molar-refractivity contribution is 8.02. The number of amides is 1. The highest BCUT2D eigenvalue weighted by atomic mass is 32.2. The summed E-state index contributed by atoms with van der Waals surface area (Å²) in [5, 5.41) is 3.00. The van der Waals surface area contributed by atoms with Crippen LogP contribution in [0.3, 0.4) is 0 Å². The Morgan fingerprint density at radius 3 is 2.75 bits per heavy atom. The number of rotatable bonds is 9. The van der Waals surface area contributed by atoms with E-state index in [9.17, 15) is 13.2 Å². The third-order valence-electron chi connectivity index (χ3n) is 4.26. The Balaban J connectivity index is 1.82. The van der Waals surface area contributed by atoms with Crippen LogP contribution in [0.4, 0.5) is 0 Å². The van der Waals surface area contributed by atoms with Gasteiger partial charge >= 0.3 is 0 Å². The van der Waals surface area contributed by atoms with Crippen LogP contribution in [-0.4, -0.2) is 61.4 Å². The number of nitrogens with one attached hydrogen (secondary N) is 1. The quantitative estimate of drug-likeness (QED) is 0.709. The molecule has 1 N–H and O–H groups in total. The third kappa shape index (κ3) is 5.53. The predicted molar refractivity (Wildman–Crippen MR) is 96.9 cm³/mol. The first-order chi connectivity index (χ1) is 11.4. The summed E-state index contributed by atoms with van der Waals surface area (Å²) >= 11 is 1.44. The molecule has 1 aliphatic heterocycles. The van der Waals surface area contributed by atoms with E-state index >= 15 is 0 Å². The maximum absolute atomic E-state index is 12.1. The number of carbonyl (C=O) groups is 1. The number of carbonyl (C=O) groups excluding carboxylic acids is 1. The van der Waals surface area contributed by atoms with Crippen molar-refractivity contribution in [2.24, 2.45) is 0 Å². The molecule has 2 heterocycles. The number of hydrogen-bond acceptors (Lipinski definition) is 6. The van der Waals surface area contributed by atoms with Crippen molar-refractivity contribution in [3.63, 3.8) is 0 Å². The molecular formula is C16H26N2O4S2. The molecule has 1 saturated heterocycles. The number of furan rings is 1. The topological polar surface area (TPSA) is 79.6 Å². The van der Waals surface area contributed by atoms with E-state index in [1.54, 1.807) is 6.26 Å². The molecule has 1 aromatic heterocycles. The van der Waals surface area contributed by atoms with E-state index in [2.05, 4.69) is 24.1 Å². The first-order valence-corrected chi connectivity index (χ1v) is 11.2. The van der Waals surface area contributed by atoms with Crippen LogP contribution in [0.15, 0.2) is 22.8 Å². The van der Waals surface area contributed by atoms with Crippen LogP contribution in [0.1, 0.15) is 32.1 Å². The molecule has 1 aromatic rings. The molecule has 136 valence electrons. The maximum Gasteiger partial charge on any atom is 0.230 e. The fourth-order valence-corrected chi connectivity index (χ4v) is 6.38. The highest BCUT2D eigenvalue weighted by Crippen LogP contribution is 2.24. The van der Waals surface area contributed by atoms with Crippen molar-refractivity contribution in [1.29, 1.82) is 0 Å². The van der Waals surface area contributed by atoms with Gasteiger partial charge in [0.1, 0.15) is 5.76 Å². The van der Waals surface area contributed by atoms with Crippen molar-refractivity contribution in [3.8, 4) is 0 Å². The fourth-order valence-electron chi connectivity index (χ4n) is 2.90. The molecule has 1 amide bonds. The zero-order valence-corrected chi connectivity index (χ0v) is 15.9. The Labute approximate surface area is 148 Å². The average Bonchev–Trinajstić information content (AvgIpc) is 3.19. The molecule has 2 rings (SSSR count).